The van der Waals surface area contributed by atoms with Gasteiger partial charge in [-0.3, -0.25) is 4.79 Å². The number of carboxylic acids is 1. The van der Waals surface area contributed by atoms with Gasteiger partial charge in [0.1, 0.15) is 0 Å². The van der Waals surface area contributed by atoms with Gasteiger partial charge in [0.25, 0.3) is 0 Å². The van der Waals surface area contributed by atoms with Crippen molar-refractivity contribution in [2.24, 2.45) is 0 Å². The number of aliphatic carboxylic acids is 1. The fraction of sp³-hybridized carbons (Fsp3) is 0.462. The Hall–Kier alpha value is -1.35. The Morgan fingerprint density at radius 2 is 2.38 bits per heavy atom. The van der Waals surface area contributed by atoms with Crippen molar-refractivity contribution in [3.05, 3.63) is 35.4 Å². The highest BCUT2D eigenvalue weighted by atomic mass is 16.4. The Morgan fingerprint density at radius 3 is 3.00 bits per heavy atom. The summed E-state index contributed by atoms with van der Waals surface area (Å²) in [5, 5.41) is 8.76. The molecule has 1 aliphatic rings. The summed E-state index contributed by atoms with van der Waals surface area (Å²) in [5.74, 6) is -0.195. The number of likely N-dealkylation sites (N-methyl/N-ethyl adjacent to an activating group) is 1. The Kier molecular flexibility index (Phi) is 3.25. The molecule has 2 rings (SSSR count). The van der Waals surface area contributed by atoms with Gasteiger partial charge in [-0.15, -0.1) is 0 Å². The van der Waals surface area contributed by atoms with E-state index in [1.165, 1.54) is 12.0 Å². The Balaban J connectivity index is 2.12. The molecule has 1 heterocycles. The van der Waals surface area contributed by atoms with Gasteiger partial charge >= 0.3 is 5.97 Å². The highest BCUT2D eigenvalue weighted by Gasteiger charge is 2.21. The lowest BCUT2D eigenvalue weighted by Gasteiger charge is -2.11. The van der Waals surface area contributed by atoms with Crippen LogP contribution in [0.1, 0.15) is 23.5 Å². The monoisotopic (exact) mass is 219 g/mol. The Morgan fingerprint density at radius 1 is 1.56 bits per heavy atom. The van der Waals surface area contributed by atoms with Crippen molar-refractivity contribution in [3.8, 4) is 0 Å². The molecule has 0 radical (unpaired) electrons. The van der Waals surface area contributed by atoms with Gasteiger partial charge in [-0.05, 0) is 37.1 Å². The zero-order valence-corrected chi connectivity index (χ0v) is 9.52. The van der Waals surface area contributed by atoms with E-state index in [1.807, 2.05) is 18.2 Å². The van der Waals surface area contributed by atoms with E-state index in [0.29, 0.717) is 5.92 Å². The van der Waals surface area contributed by atoms with Crippen LogP contribution in [0.5, 0.6) is 0 Å². The molecule has 1 saturated heterocycles. The van der Waals surface area contributed by atoms with E-state index < -0.39 is 5.97 Å². The lowest BCUT2D eigenvalue weighted by molar-refractivity contribution is -0.136. The van der Waals surface area contributed by atoms with Gasteiger partial charge in [-0.25, -0.2) is 0 Å². The van der Waals surface area contributed by atoms with Gasteiger partial charge in [-0.1, -0.05) is 24.3 Å². The predicted molar refractivity (Wildman–Crippen MR) is 62.6 cm³/mol. The average molecular weight is 219 g/mol. The first kappa shape index (κ1) is 11.1. The molecule has 0 spiro atoms. The number of likely N-dealkylation sites (tertiary alicyclic amines) is 1. The average Bonchev–Trinajstić information content (AvgIpc) is 2.64. The van der Waals surface area contributed by atoms with Gasteiger partial charge in [0, 0.05) is 6.54 Å². The first-order valence-corrected chi connectivity index (χ1v) is 5.64. The van der Waals surface area contributed by atoms with Crippen LogP contribution in [0, 0.1) is 0 Å². The molecule has 0 amide bonds. The summed E-state index contributed by atoms with van der Waals surface area (Å²) in [5.41, 5.74) is 2.18. The summed E-state index contributed by atoms with van der Waals surface area (Å²) in [6.07, 6.45) is 1.30. The minimum Gasteiger partial charge on any atom is -0.481 e. The summed E-state index contributed by atoms with van der Waals surface area (Å²) in [6.45, 7) is 2.21. The molecule has 0 saturated carbocycles. The number of nitrogens with zero attached hydrogens (tertiary/aromatic N) is 1. The molecule has 1 N–H and O–H groups in total. The fourth-order valence-electron chi connectivity index (χ4n) is 2.34. The summed E-state index contributed by atoms with van der Waals surface area (Å²) in [6, 6.07) is 8.00. The molecular weight excluding hydrogens is 202 g/mol. The highest BCUT2D eigenvalue weighted by molar-refractivity contribution is 5.70. The maximum atomic E-state index is 10.6. The quantitative estimate of drug-likeness (QED) is 0.841. The first-order chi connectivity index (χ1) is 7.65. The van der Waals surface area contributed by atoms with Gasteiger partial charge in [0.15, 0.2) is 0 Å². The van der Waals surface area contributed by atoms with Crippen LogP contribution < -0.4 is 0 Å². The summed E-state index contributed by atoms with van der Waals surface area (Å²) < 4.78 is 0. The van der Waals surface area contributed by atoms with Gasteiger partial charge in [0.2, 0.25) is 0 Å². The van der Waals surface area contributed by atoms with Crippen molar-refractivity contribution >= 4 is 5.97 Å². The van der Waals surface area contributed by atoms with Crippen molar-refractivity contribution in [3.63, 3.8) is 0 Å². The minimum absolute atomic E-state index is 0.121. The van der Waals surface area contributed by atoms with Crippen LogP contribution in [0.25, 0.3) is 0 Å². The topological polar surface area (TPSA) is 40.5 Å². The predicted octanol–water partition coefficient (Wildman–Crippen LogP) is 1.73. The maximum absolute atomic E-state index is 10.6. The highest BCUT2D eigenvalue weighted by Crippen LogP contribution is 2.26. The minimum atomic E-state index is -0.763. The van der Waals surface area contributed by atoms with Crippen LogP contribution in [0.2, 0.25) is 0 Å². The molecular formula is C13H17NO2. The molecule has 1 atom stereocenters. The van der Waals surface area contributed by atoms with Gasteiger partial charge in [0.05, 0.1) is 6.42 Å². The number of carbonyl (C=O) groups is 1. The van der Waals surface area contributed by atoms with Crippen LogP contribution in [0.3, 0.4) is 0 Å². The molecule has 1 unspecified atom stereocenters. The van der Waals surface area contributed by atoms with Crippen LogP contribution in [-0.4, -0.2) is 36.1 Å². The van der Waals surface area contributed by atoms with Crippen molar-refractivity contribution in [2.45, 2.75) is 18.8 Å². The molecule has 1 aliphatic heterocycles. The van der Waals surface area contributed by atoms with Gasteiger partial charge in [-0.2, -0.15) is 0 Å². The third-order valence-corrected chi connectivity index (χ3v) is 3.17. The molecule has 0 aromatic heterocycles. The summed E-state index contributed by atoms with van der Waals surface area (Å²) >= 11 is 0. The number of rotatable bonds is 3. The third kappa shape index (κ3) is 2.61. The number of carboxylic acid groups (broad SMARTS) is 1. The molecule has 1 fully saturated rings. The van der Waals surface area contributed by atoms with E-state index >= 15 is 0 Å². The number of hydrogen-bond donors (Lipinski definition) is 1. The first-order valence-electron chi connectivity index (χ1n) is 5.64. The smallest absolute Gasteiger partial charge is 0.307 e. The lowest BCUT2D eigenvalue weighted by atomic mass is 9.96. The van der Waals surface area contributed by atoms with Crippen LogP contribution >= 0.6 is 0 Å². The molecule has 86 valence electrons. The van der Waals surface area contributed by atoms with Crippen LogP contribution in [0.4, 0.5) is 0 Å². The van der Waals surface area contributed by atoms with E-state index in [2.05, 4.69) is 18.0 Å². The molecule has 0 bridgehead atoms. The van der Waals surface area contributed by atoms with E-state index in [0.717, 1.165) is 18.7 Å². The Labute approximate surface area is 95.7 Å². The summed E-state index contributed by atoms with van der Waals surface area (Å²) in [4.78, 5) is 13.0. The zero-order valence-electron chi connectivity index (χ0n) is 9.52. The van der Waals surface area contributed by atoms with Crippen molar-refractivity contribution < 1.29 is 9.90 Å². The Bertz CT molecular complexity index is 389. The van der Waals surface area contributed by atoms with Crippen molar-refractivity contribution in [1.29, 1.82) is 0 Å². The number of hydrogen-bond acceptors (Lipinski definition) is 2. The standard InChI is InChI=1S/C13H17NO2/c1-14-6-5-12(9-14)11-4-2-3-10(7-11)8-13(15)16/h2-4,7,12H,5-6,8-9H2,1H3,(H,15,16). The fourth-order valence-corrected chi connectivity index (χ4v) is 2.34. The number of benzene rings is 1. The largest absolute Gasteiger partial charge is 0.481 e. The maximum Gasteiger partial charge on any atom is 0.307 e. The molecule has 1 aromatic carbocycles. The molecule has 1 aromatic rings. The van der Waals surface area contributed by atoms with Crippen LogP contribution in [0.15, 0.2) is 24.3 Å². The molecule has 16 heavy (non-hydrogen) atoms. The van der Waals surface area contributed by atoms with Crippen molar-refractivity contribution in [1.82, 2.24) is 4.90 Å². The van der Waals surface area contributed by atoms with E-state index in [4.69, 9.17) is 5.11 Å². The van der Waals surface area contributed by atoms with E-state index in [-0.39, 0.29) is 6.42 Å². The van der Waals surface area contributed by atoms with Crippen molar-refractivity contribution in [2.75, 3.05) is 20.1 Å². The molecule has 3 nitrogen and oxygen atoms in total. The normalized spacial score (nSPS) is 21.2. The molecule has 0 aliphatic carbocycles. The lowest BCUT2D eigenvalue weighted by Crippen LogP contribution is -2.13. The second-order valence-corrected chi connectivity index (χ2v) is 4.56. The SMILES string of the molecule is CN1CCC(c2cccc(CC(=O)O)c2)C1. The zero-order chi connectivity index (χ0) is 11.5. The van der Waals surface area contributed by atoms with E-state index in [9.17, 15) is 4.79 Å². The molecule has 3 heteroatoms. The van der Waals surface area contributed by atoms with Crippen LogP contribution in [-0.2, 0) is 11.2 Å². The van der Waals surface area contributed by atoms with E-state index in [1.54, 1.807) is 0 Å². The second-order valence-electron chi connectivity index (χ2n) is 4.56. The van der Waals surface area contributed by atoms with Gasteiger partial charge < -0.3 is 10.0 Å². The third-order valence-electron chi connectivity index (χ3n) is 3.17. The second kappa shape index (κ2) is 4.66. The summed E-state index contributed by atoms with van der Waals surface area (Å²) in [7, 11) is 2.13.